The van der Waals surface area contributed by atoms with E-state index in [1.54, 1.807) is 7.11 Å². The lowest BCUT2D eigenvalue weighted by molar-refractivity contribution is -0.137. The van der Waals surface area contributed by atoms with Crippen LogP contribution in [0.2, 0.25) is 0 Å². The lowest BCUT2D eigenvalue weighted by Gasteiger charge is -2.34. The summed E-state index contributed by atoms with van der Waals surface area (Å²) < 4.78 is 11.2. The summed E-state index contributed by atoms with van der Waals surface area (Å²) in [6.45, 7) is 10.3. The highest BCUT2D eigenvalue weighted by molar-refractivity contribution is 5.88. The van der Waals surface area contributed by atoms with Crippen LogP contribution in [-0.2, 0) is 14.3 Å². The molecule has 2 aliphatic heterocycles. The first-order valence-electron chi connectivity index (χ1n) is 8.07. The van der Waals surface area contributed by atoms with Crippen molar-refractivity contribution < 1.29 is 14.3 Å². The molecule has 5 heteroatoms. The van der Waals surface area contributed by atoms with Crippen LogP contribution in [0.1, 0.15) is 47.0 Å². The summed E-state index contributed by atoms with van der Waals surface area (Å²) in [6, 6.07) is 0. The maximum atomic E-state index is 12.9. The maximum absolute atomic E-state index is 12.9. The van der Waals surface area contributed by atoms with Gasteiger partial charge in [-0.15, -0.1) is 0 Å². The molecule has 5 nitrogen and oxygen atoms in total. The molecule has 122 valence electrons. The zero-order valence-electron chi connectivity index (χ0n) is 14.1. The number of hydrogen-bond acceptors (Lipinski definition) is 4. The fourth-order valence-corrected chi connectivity index (χ4v) is 3.28. The zero-order valence-corrected chi connectivity index (χ0v) is 14.1. The van der Waals surface area contributed by atoms with Crippen LogP contribution in [0.15, 0.2) is 0 Å². The standard InChI is InChI=1S/C16H30N2O3/c1-6-15(4)14(19)18(13(17-15)9-12(2)3)10-16(20-5)7-8-21-11-16/h12-13,17H,6-11H2,1-5H3. The number of ether oxygens (including phenoxy) is 2. The van der Waals surface area contributed by atoms with Crippen molar-refractivity contribution in [3.63, 3.8) is 0 Å². The third-order valence-corrected chi connectivity index (χ3v) is 4.95. The molecule has 0 aromatic rings. The summed E-state index contributed by atoms with van der Waals surface area (Å²) in [5, 5.41) is 3.54. The van der Waals surface area contributed by atoms with Crippen molar-refractivity contribution in [2.24, 2.45) is 5.92 Å². The summed E-state index contributed by atoms with van der Waals surface area (Å²) in [7, 11) is 1.72. The third-order valence-electron chi connectivity index (χ3n) is 4.95. The molecule has 1 amide bonds. The highest BCUT2D eigenvalue weighted by Crippen LogP contribution is 2.31. The number of nitrogens with one attached hydrogen (secondary N) is 1. The molecule has 2 fully saturated rings. The molecule has 3 atom stereocenters. The minimum Gasteiger partial charge on any atom is -0.378 e. The van der Waals surface area contributed by atoms with E-state index in [2.05, 4.69) is 26.1 Å². The lowest BCUT2D eigenvalue weighted by Crippen LogP contribution is -2.50. The first-order chi connectivity index (χ1) is 9.86. The Labute approximate surface area is 128 Å². The molecule has 0 aliphatic carbocycles. The highest BCUT2D eigenvalue weighted by atomic mass is 16.5. The van der Waals surface area contributed by atoms with Gasteiger partial charge in [0.05, 0.1) is 24.9 Å². The molecule has 0 radical (unpaired) electrons. The van der Waals surface area contributed by atoms with Gasteiger partial charge in [0.1, 0.15) is 5.60 Å². The van der Waals surface area contributed by atoms with Gasteiger partial charge in [0, 0.05) is 20.1 Å². The smallest absolute Gasteiger partial charge is 0.243 e. The Bertz CT molecular complexity index is 380. The minimum absolute atomic E-state index is 0.0927. The van der Waals surface area contributed by atoms with Crippen LogP contribution in [0.25, 0.3) is 0 Å². The Morgan fingerprint density at radius 3 is 2.71 bits per heavy atom. The van der Waals surface area contributed by atoms with Crippen LogP contribution in [0.5, 0.6) is 0 Å². The zero-order chi connectivity index (χ0) is 15.7. The van der Waals surface area contributed by atoms with Crippen molar-refractivity contribution >= 4 is 5.91 Å². The van der Waals surface area contributed by atoms with Gasteiger partial charge in [-0.25, -0.2) is 0 Å². The summed E-state index contributed by atoms with van der Waals surface area (Å²) >= 11 is 0. The quantitative estimate of drug-likeness (QED) is 0.812. The summed E-state index contributed by atoms with van der Waals surface area (Å²) in [4.78, 5) is 14.9. The Hall–Kier alpha value is -0.650. The Kier molecular flexibility index (Phi) is 4.96. The molecule has 0 saturated carbocycles. The fraction of sp³-hybridized carbons (Fsp3) is 0.938. The molecule has 0 bridgehead atoms. The largest absolute Gasteiger partial charge is 0.378 e. The van der Waals surface area contributed by atoms with Gasteiger partial charge in [-0.05, 0) is 25.7 Å². The van der Waals surface area contributed by atoms with Crippen molar-refractivity contribution in [1.82, 2.24) is 10.2 Å². The van der Waals surface area contributed by atoms with Crippen LogP contribution in [-0.4, -0.2) is 55.0 Å². The van der Waals surface area contributed by atoms with Gasteiger partial charge in [0.25, 0.3) is 0 Å². The summed E-state index contributed by atoms with van der Waals surface area (Å²) in [5.74, 6) is 0.731. The van der Waals surface area contributed by atoms with E-state index >= 15 is 0 Å². The van der Waals surface area contributed by atoms with E-state index in [0.717, 1.165) is 19.3 Å². The van der Waals surface area contributed by atoms with Crippen LogP contribution in [0.3, 0.4) is 0 Å². The van der Waals surface area contributed by atoms with E-state index in [1.165, 1.54) is 0 Å². The lowest BCUT2D eigenvalue weighted by atomic mass is 9.98. The Balaban J connectivity index is 2.18. The van der Waals surface area contributed by atoms with Crippen LogP contribution >= 0.6 is 0 Å². The van der Waals surface area contributed by atoms with Gasteiger partial charge in [0.2, 0.25) is 5.91 Å². The van der Waals surface area contributed by atoms with Crippen molar-refractivity contribution in [3.05, 3.63) is 0 Å². The Morgan fingerprint density at radius 1 is 1.52 bits per heavy atom. The molecular weight excluding hydrogens is 268 g/mol. The van der Waals surface area contributed by atoms with Gasteiger partial charge in [-0.2, -0.15) is 0 Å². The van der Waals surface area contributed by atoms with Crippen molar-refractivity contribution in [2.75, 3.05) is 26.9 Å². The predicted octanol–water partition coefficient (Wildman–Crippen LogP) is 1.76. The van der Waals surface area contributed by atoms with Crippen LogP contribution in [0.4, 0.5) is 0 Å². The van der Waals surface area contributed by atoms with Crippen molar-refractivity contribution in [3.8, 4) is 0 Å². The van der Waals surface area contributed by atoms with Crippen LogP contribution < -0.4 is 5.32 Å². The number of rotatable bonds is 6. The molecule has 2 saturated heterocycles. The summed E-state index contributed by atoms with van der Waals surface area (Å²) in [6.07, 6.45) is 2.70. The molecule has 0 aromatic heterocycles. The number of carbonyl (C=O) groups is 1. The van der Waals surface area contributed by atoms with Crippen molar-refractivity contribution in [1.29, 1.82) is 0 Å². The number of nitrogens with zero attached hydrogens (tertiary/aromatic N) is 1. The first-order valence-corrected chi connectivity index (χ1v) is 8.07. The third kappa shape index (κ3) is 3.25. The van der Waals surface area contributed by atoms with Gasteiger partial charge in [-0.3, -0.25) is 10.1 Å². The number of methoxy groups -OCH3 is 1. The first kappa shape index (κ1) is 16.7. The summed E-state index contributed by atoms with van der Waals surface area (Å²) in [5.41, 5.74) is -0.792. The average Bonchev–Trinajstić information content (AvgIpc) is 2.99. The van der Waals surface area contributed by atoms with Crippen molar-refractivity contribution in [2.45, 2.75) is 64.3 Å². The van der Waals surface area contributed by atoms with E-state index in [1.807, 2.05) is 11.8 Å². The molecule has 3 unspecified atom stereocenters. The van der Waals surface area contributed by atoms with Gasteiger partial charge in [-0.1, -0.05) is 20.8 Å². The Morgan fingerprint density at radius 2 is 2.24 bits per heavy atom. The van der Waals surface area contributed by atoms with Crippen LogP contribution in [0, 0.1) is 5.92 Å². The normalized spacial score (nSPS) is 37.0. The fourth-order valence-electron chi connectivity index (χ4n) is 3.28. The molecular formula is C16H30N2O3. The van der Waals surface area contributed by atoms with E-state index in [0.29, 0.717) is 25.7 Å². The van der Waals surface area contributed by atoms with Gasteiger partial charge < -0.3 is 14.4 Å². The maximum Gasteiger partial charge on any atom is 0.243 e. The second-order valence-electron chi connectivity index (χ2n) is 7.10. The molecule has 2 aliphatic rings. The van der Waals surface area contributed by atoms with E-state index < -0.39 is 5.54 Å². The second-order valence-corrected chi connectivity index (χ2v) is 7.10. The minimum atomic E-state index is -0.450. The SMILES string of the molecule is CCC1(C)NC(CC(C)C)N(CC2(OC)CCOC2)C1=O. The average molecular weight is 298 g/mol. The molecule has 2 heterocycles. The number of carbonyl (C=O) groups excluding carboxylic acids is 1. The monoisotopic (exact) mass is 298 g/mol. The predicted molar refractivity (Wildman–Crippen MR) is 82.0 cm³/mol. The molecule has 0 spiro atoms. The molecule has 21 heavy (non-hydrogen) atoms. The van der Waals surface area contributed by atoms with E-state index in [4.69, 9.17) is 9.47 Å². The molecule has 0 aromatic carbocycles. The van der Waals surface area contributed by atoms with E-state index in [-0.39, 0.29) is 17.7 Å². The number of hydrogen-bond donors (Lipinski definition) is 1. The molecule has 1 N–H and O–H groups in total. The van der Waals surface area contributed by atoms with Gasteiger partial charge >= 0.3 is 0 Å². The van der Waals surface area contributed by atoms with Gasteiger partial charge in [0.15, 0.2) is 0 Å². The highest BCUT2D eigenvalue weighted by Gasteiger charge is 2.50. The topological polar surface area (TPSA) is 50.8 Å². The molecule has 2 rings (SSSR count). The van der Waals surface area contributed by atoms with E-state index in [9.17, 15) is 4.79 Å². The number of amides is 1. The second kappa shape index (κ2) is 6.23.